The molecule has 2 rings (SSSR count). The number of anilines is 2. The van der Waals surface area contributed by atoms with Crippen molar-refractivity contribution in [2.75, 3.05) is 38.1 Å². The van der Waals surface area contributed by atoms with Crippen LogP contribution in [0.15, 0.2) is 42.5 Å². The molecule has 0 atom stereocenters. The lowest BCUT2D eigenvalue weighted by Crippen LogP contribution is -2.37. The van der Waals surface area contributed by atoms with Crippen LogP contribution in [0.4, 0.5) is 11.4 Å². The molecule has 0 aliphatic carbocycles. The van der Waals surface area contributed by atoms with E-state index < -0.39 is 11.9 Å². The molecule has 0 aliphatic heterocycles. The molecule has 0 fully saturated rings. The van der Waals surface area contributed by atoms with Gasteiger partial charge in [0, 0.05) is 18.7 Å². The predicted octanol–water partition coefficient (Wildman–Crippen LogP) is 2.48. The average Bonchev–Trinajstić information content (AvgIpc) is 2.71. The summed E-state index contributed by atoms with van der Waals surface area (Å²) in [6, 6.07) is 11.4. The van der Waals surface area contributed by atoms with Crippen LogP contribution in [-0.2, 0) is 14.3 Å². The standard InChI is InChI=1S/C20H22N2O6/c1-13(23)22(16-8-6-5-7-15(16)20(25)28-4)12-19(24)21-14-9-10-17(26-2)18(11-14)27-3/h5-11H,12H2,1-4H3,(H,21,24). The Bertz CT molecular complexity index is 881. The highest BCUT2D eigenvalue weighted by molar-refractivity contribution is 6.06. The van der Waals surface area contributed by atoms with Crippen molar-refractivity contribution in [3.8, 4) is 11.5 Å². The maximum absolute atomic E-state index is 12.5. The van der Waals surface area contributed by atoms with Crippen LogP contribution >= 0.6 is 0 Å². The molecule has 2 aromatic rings. The number of rotatable bonds is 7. The number of nitrogens with zero attached hydrogens (tertiary/aromatic N) is 1. The molecule has 148 valence electrons. The topological polar surface area (TPSA) is 94.2 Å². The number of hydrogen-bond acceptors (Lipinski definition) is 6. The van der Waals surface area contributed by atoms with E-state index in [2.05, 4.69) is 5.32 Å². The number of carbonyl (C=O) groups excluding carboxylic acids is 3. The highest BCUT2D eigenvalue weighted by Crippen LogP contribution is 2.29. The number of hydrogen-bond donors (Lipinski definition) is 1. The van der Waals surface area contributed by atoms with Gasteiger partial charge >= 0.3 is 5.97 Å². The van der Waals surface area contributed by atoms with E-state index in [1.54, 1.807) is 36.4 Å². The second-order valence-electron chi connectivity index (χ2n) is 5.73. The van der Waals surface area contributed by atoms with Crippen LogP contribution in [-0.4, -0.2) is 45.7 Å². The maximum atomic E-state index is 12.5. The lowest BCUT2D eigenvalue weighted by Gasteiger charge is -2.22. The van der Waals surface area contributed by atoms with E-state index in [-0.39, 0.29) is 18.0 Å². The minimum absolute atomic E-state index is 0.194. The Hall–Kier alpha value is -3.55. The Balaban J connectivity index is 2.23. The fourth-order valence-corrected chi connectivity index (χ4v) is 2.62. The van der Waals surface area contributed by atoms with Gasteiger partial charge in [0.25, 0.3) is 0 Å². The summed E-state index contributed by atoms with van der Waals surface area (Å²) >= 11 is 0. The normalized spacial score (nSPS) is 10.0. The Morgan fingerprint density at radius 1 is 0.964 bits per heavy atom. The Morgan fingerprint density at radius 2 is 1.64 bits per heavy atom. The second kappa shape index (κ2) is 9.40. The van der Waals surface area contributed by atoms with Gasteiger partial charge in [-0.05, 0) is 24.3 Å². The summed E-state index contributed by atoms with van der Waals surface area (Å²) in [5.74, 6) is -0.444. The molecule has 2 amide bonds. The van der Waals surface area contributed by atoms with Crippen molar-refractivity contribution >= 4 is 29.2 Å². The van der Waals surface area contributed by atoms with E-state index in [0.717, 1.165) is 0 Å². The molecule has 0 aliphatic rings. The van der Waals surface area contributed by atoms with Gasteiger partial charge in [0.2, 0.25) is 11.8 Å². The molecular weight excluding hydrogens is 364 g/mol. The van der Waals surface area contributed by atoms with Crippen LogP contribution in [0.25, 0.3) is 0 Å². The molecule has 0 aromatic heterocycles. The van der Waals surface area contributed by atoms with Crippen LogP contribution in [0.5, 0.6) is 11.5 Å². The second-order valence-corrected chi connectivity index (χ2v) is 5.73. The van der Waals surface area contributed by atoms with Crippen LogP contribution in [0.2, 0.25) is 0 Å². The molecular formula is C20H22N2O6. The fourth-order valence-electron chi connectivity index (χ4n) is 2.62. The molecule has 0 saturated carbocycles. The summed E-state index contributed by atoms with van der Waals surface area (Å²) in [5, 5.41) is 2.70. The summed E-state index contributed by atoms with van der Waals surface area (Å²) in [6.07, 6.45) is 0. The van der Waals surface area contributed by atoms with Crippen molar-refractivity contribution in [3.05, 3.63) is 48.0 Å². The van der Waals surface area contributed by atoms with Crippen LogP contribution < -0.4 is 19.7 Å². The van der Waals surface area contributed by atoms with Gasteiger partial charge in [0.05, 0.1) is 32.6 Å². The number of carbonyl (C=O) groups is 3. The number of ether oxygens (including phenoxy) is 3. The van der Waals surface area contributed by atoms with E-state index in [9.17, 15) is 14.4 Å². The van der Waals surface area contributed by atoms with Crippen molar-refractivity contribution in [1.82, 2.24) is 0 Å². The first-order valence-electron chi connectivity index (χ1n) is 8.38. The molecule has 2 aromatic carbocycles. The zero-order valence-electron chi connectivity index (χ0n) is 16.1. The van der Waals surface area contributed by atoms with Crippen molar-refractivity contribution in [3.63, 3.8) is 0 Å². The first kappa shape index (κ1) is 20.8. The van der Waals surface area contributed by atoms with E-state index in [1.807, 2.05) is 0 Å². The minimum atomic E-state index is -0.595. The lowest BCUT2D eigenvalue weighted by molar-refractivity contribution is -0.120. The first-order chi connectivity index (χ1) is 13.4. The molecule has 0 radical (unpaired) electrons. The highest BCUT2D eigenvalue weighted by atomic mass is 16.5. The number of nitrogens with one attached hydrogen (secondary N) is 1. The summed E-state index contributed by atoms with van der Waals surface area (Å²) < 4.78 is 15.1. The molecule has 0 spiro atoms. The zero-order valence-corrected chi connectivity index (χ0v) is 16.1. The quantitative estimate of drug-likeness (QED) is 0.735. The number of amides is 2. The van der Waals surface area contributed by atoms with E-state index in [0.29, 0.717) is 22.9 Å². The molecule has 0 saturated heterocycles. The molecule has 8 nitrogen and oxygen atoms in total. The van der Waals surface area contributed by atoms with Gasteiger partial charge in [-0.3, -0.25) is 9.59 Å². The van der Waals surface area contributed by atoms with Gasteiger partial charge in [-0.1, -0.05) is 12.1 Å². The number of para-hydroxylation sites is 1. The van der Waals surface area contributed by atoms with E-state index in [4.69, 9.17) is 14.2 Å². The SMILES string of the molecule is COC(=O)c1ccccc1N(CC(=O)Nc1ccc(OC)c(OC)c1)C(C)=O. The van der Waals surface area contributed by atoms with Crippen molar-refractivity contribution < 1.29 is 28.6 Å². The Morgan fingerprint density at radius 3 is 2.25 bits per heavy atom. The molecule has 0 unspecified atom stereocenters. The number of benzene rings is 2. The van der Waals surface area contributed by atoms with Gasteiger partial charge in [0.1, 0.15) is 6.54 Å². The minimum Gasteiger partial charge on any atom is -0.493 e. The third-order valence-corrected chi connectivity index (χ3v) is 3.95. The summed E-state index contributed by atoms with van der Waals surface area (Å²) in [4.78, 5) is 37.8. The van der Waals surface area contributed by atoms with Crippen molar-refractivity contribution in [2.45, 2.75) is 6.92 Å². The number of esters is 1. The third kappa shape index (κ3) is 4.79. The van der Waals surface area contributed by atoms with E-state index >= 15 is 0 Å². The van der Waals surface area contributed by atoms with Gasteiger partial charge in [-0.2, -0.15) is 0 Å². The van der Waals surface area contributed by atoms with Gasteiger partial charge < -0.3 is 24.4 Å². The maximum Gasteiger partial charge on any atom is 0.339 e. The Labute approximate surface area is 163 Å². The summed E-state index contributed by atoms with van der Waals surface area (Å²) in [6.45, 7) is 1.04. The summed E-state index contributed by atoms with van der Waals surface area (Å²) in [7, 11) is 4.26. The molecule has 0 bridgehead atoms. The first-order valence-corrected chi connectivity index (χ1v) is 8.38. The lowest BCUT2D eigenvalue weighted by atomic mass is 10.1. The van der Waals surface area contributed by atoms with E-state index in [1.165, 1.54) is 39.2 Å². The molecule has 0 heterocycles. The van der Waals surface area contributed by atoms with Crippen LogP contribution in [0.3, 0.4) is 0 Å². The fraction of sp³-hybridized carbons (Fsp3) is 0.250. The van der Waals surface area contributed by atoms with Crippen molar-refractivity contribution in [1.29, 1.82) is 0 Å². The average molecular weight is 386 g/mol. The molecule has 8 heteroatoms. The largest absolute Gasteiger partial charge is 0.493 e. The molecule has 28 heavy (non-hydrogen) atoms. The third-order valence-electron chi connectivity index (χ3n) is 3.95. The van der Waals surface area contributed by atoms with Gasteiger partial charge in [0.15, 0.2) is 11.5 Å². The van der Waals surface area contributed by atoms with Crippen LogP contribution in [0, 0.1) is 0 Å². The Kier molecular flexibility index (Phi) is 6.97. The van der Waals surface area contributed by atoms with Gasteiger partial charge in [-0.25, -0.2) is 4.79 Å². The zero-order chi connectivity index (χ0) is 20.7. The van der Waals surface area contributed by atoms with Crippen molar-refractivity contribution in [2.24, 2.45) is 0 Å². The highest BCUT2D eigenvalue weighted by Gasteiger charge is 2.22. The smallest absolute Gasteiger partial charge is 0.339 e. The summed E-state index contributed by atoms with van der Waals surface area (Å²) in [5.41, 5.74) is 0.968. The van der Waals surface area contributed by atoms with Crippen LogP contribution in [0.1, 0.15) is 17.3 Å². The monoisotopic (exact) mass is 386 g/mol. The molecule has 1 N–H and O–H groups in total. The number of methoxy groups -OCH3 is 3. The predicted molar refractivity (Wildman–Crippen MR) is 104 cm³/mol. The van der Waals surface area contributed by atoms with Gasteiger partial charge in [-0.15, -0.1) is 0 Å².